The molecule has 1 heterocycles. The molecule has 1 aliphatic rings. The Labute approximate surface area is 116 Å². The van der Waals surface area contributed by atoms with Crippen LogP contribution in [0.5, 0.6) is 0 Å². The molecule has 112 valence electrons. The average Bonchev–Trinajstić information content (AvgIpc) is 2.26. The van der Waals surface area contributed by atoms with E-state index < -0.39 is 0 Å². The van der Waals surface area contributed by atoms with Crippen LogP contribution in [0.4, 0.5) is 0 Å². The van der Waals surface area contributed by atoms with Crippen molar-refractivity contribution in [1.29, 1.82) is 5.41 Å². The molecule has 0 spiro atoms. The number of nitrogens with one attached hydrogen (secondary N) is 1. The van der Waals surface area contributed by atoms with Gasteiger partial charge < -0.3 is 15.6 Å². The number of amidine groups is 1. The van der Waals surface area contributed by atoms with Crippen molar-refractivity contribution in [3.8, 4) is 0 Å². The van der Waals surface area contributed by atoms with Crippen LogP contribution in [-0.2, 0) is 4.74 Å². The Hall–Kier alpha value is -0.650. The number of nitrogens with two attached hydrogens (primary N) is 1. The second kappa shape index (κ2) is 6.20. The second-order valence-corrected chi connectivity index (χ2v) is 6.82. The number of rotatable bonds is 6. The maximum Gasteiger partial charge on any atom is 0.0963 e. The molecule has 19 heavy (non-hydrogen) atoms. The maximum atomic E-state index is 9.27. The summed E-state index contributed by atoms with van der Waals surface area (Å²) in [5, 5.41) is 16.8. The Balaban J connectivity index is 2.42. The van der Waals surface area contributed by atoms with Gasteiger partial charge in [-0.3, -0.25) is 10.3 Å². The zero-order valence-corrected chi connectivity index (χ0v) is 12.7. The molecule has 0 amide bonds. The van der Waals surface area contributed by atoms with Gasteiger partial charge in [0.15, 0.2) is 0 Å². The molecule has 0 radical (unpaired) electrons. The summed E-state index contributed by atoms with van der Waals surface area (Å²) in [4.78, 5) is 2.33. The van der Waals surface area contributed by atoms with Crippen molar-refractivity contribution < 1.29 is 9.84 Å². The van der Waals surface area contributed by atoms with E-state index in [1.54, 1.807) is 0 Å². The van der Waals surface area contributed by atoms with Crippen LogP contribution < -0.4 is 5.73 Å². The number of aliphatic hydroxyl groups excluding tert-OH is 1. The van der Waals surface area contributed by atoms with E-state index in [-0.39, 0.29) is 29.6 Å². The molecular formula is C14H29N3O2. The SMILES string of the molecule is CC1(C)CN(CCCC(C)(C)C(=N)N)CC(CO)O1. The van der Waals surface area contributed by atoms with Crippen molar-refractivity contribution in [2.45, 2.75) is 52.2 Å². The molecular weight excluding hydrogens is 242 g/mol. The van der Waals surface area contributed by atoms with E-state index in [0.717, 1.165) is 32.5 Å². The Morgan fingerprint density at radius 2 is 2.16 bits per heavy atom. The van der Waals surface area contributed by atoms with Gasteiger partial charge in [0.25, 0.3) is 0 Å². The molecule has 0 aliphatic carbocycles. The van der Waals surface area contributed by atoms with Gasteiger partial charge in [-0.05, 0) is 33.2 Å². The molecule has 0 aromatic heterocycles. The molecule has 4 N–H and O–H groups in total. The van der Waals surface area contributed by atoms with Crippen molar-refractivity contribution in [3.05, 3.63) is 0 Å². The van der Waals surface area contributed by atoms with Gasteiger partial charge in [-0.1, -0.05) is 13.8 Å². The normalized spacial score (nSPS) is 24.4. The fourth-order valence-corrected chi connectivity index (χ4v) is 2.56. The van der Waals surface area contributed by atoms with Gasteiger partial charge in [-0.2, -0.15) is 0 Å². The summed E-state index contributed by atoms with van der Waals surface area (Å²) in [6.07, 6.45) is 1.81. The fourth-order valence-electron chi connectivity index (χ4n) is 2.56. The summed E-state index contributed by atoms with van der Waals surface area (Å²) < 4.78 is 5.79. The highest BCUT2D eigenvalue weighted by Gasteiger charge is 2.33. The lowest BCUT2D eigenvalue weighted by molar-refractivity contribution is -0.149. The van der Waals surface area contributed by atoms with Gasteiger partial charge in [0.2, 0.25) is 0 Å². The number of hydrogen-bond acceptors (Lipinski definition) is 4. The minimum absolute atomic E-state index is 0.0683. The quantitative estimate of drug-likeness (QED) is 0.501. The highest BCUT2D eigenvalue weighted by Crippen LogP contribution is 2.24. The first-order valence-electron chi connectivity index (χ1n) is 7.02. The van der Waals surface area contributed by atoms with Crippen LogP contribution in [-0.4, -0.2) is 53.8 Å². The third-order valence-electron chi connectivity index (χ3n) is 3.76. The lowest BCUT2D eigenvalue weighted by atomic mass is 9.86. The van der Waals surface area contributed by atoms with Gasteiger partial charge in [0.05, 0.1) is 24.1 Å². The van der Waals surface area contributed by atoms with E-state index in [2.05, 4.69) is 18.7 Å². The van der Waals surface area contributed by atoms with Crippen LogP contribution in [0, 0.1) is 10.8 Å². The van der Waals surface area contributed by atoms with E-state index in [9.17, 15) is 5.11 Å². The lowest BCUT2D eigenvalue weighted by Gasteiger charge is -2.42. The molecule has 0 aromatic rings. The van der Waals surface area contributed by atoms with Gasteiger partial charge >= 0.3 is 0 Å². The summed E-state index contributed by atoms with van der Waals surface area (Å²) in [6, 6.07) is 0. The predicted molar refractivity (Wildman–Crippen MR) is 77.4 cm³/mol. The Bertz CT molecular complexity index is 316. The molecule has 1 fully saturated rings. The largest absolute Gasteiger partial charge is 0.394 e. The molecule has 1 saturated heterocycles. The number of hydrogen-bond donors (Lipinski definition) is 3. The zero-order valence-electron chi connectivity index (χ0n) is 12.7. The van der Waals surface area contributed by atoms with Crippen LogP contribution >= 0.6 is 0 Å². The number of nitrogens with zero attached hydrogens (tertiary/aromatic N) is 1. The highest BCUT2D eigenvalue weighted by atomic mass is 16.5. The van der Waals surface area contributed by atoms with Gasteiger partial charge in [-0.15, -0.1) is 0 Å². The Morgan fingerprint density at radius 1 is 1.53 bits per heavy atom. The van der Waals surface area contributed by atoms with Crippen LogP contribution in [0.3, 0.4) is 0 Å². The van der Waals surface area contributed by atoms with Crippen LogP contribution in [0.2, 0.25) is 0 Å². The molecule has 0 bridgehead atoms. The third-order valence-corrected chi connectivity index (χ3v) is 3.76. The third kappa shape index (κ3) is 5.09. The molecule has 5 nitrogen and oxygen atoms in total. The maximum absolute atomic E-state index is 9.27. The molecule has 1 atom stereocenters. The molecule has 0 aromatic carbocycles. The first-order valence-corrected chi connectivity index (χ1v) is 7.02. The monoisotopic (exact) mass is 271 g/mol. The summed E-state index contributed by atoms with van der Waals surface area (Å²) in [7, 11) is 0. The minimum atomic E-state index is -0.224. The Kier molecular flexibility index (Phi) is 5.35. The van der Waals surface area contributed by atoms with Crippen molar-refractivity contribution in [1.82, 2.24) is 4.90 Å². The first kappa shape index (κ1) is 16.4. The Morgan fingerprint density at radius 3 is 2.68 bits per heavy atom. The van der Waals surface area contributed by atoms with Gasteiger partial charge in [0, 0.05) is 18.5 Å². The molecule has 1 rings (SSSR count). The fraction of sp³-hybridized carbons (Fsp3) is 0.929. The zero-order chi connectivity index (χ0) is 14.7. The van der Waals surface area contributed by atoms with E-state index in [1.165, 1.54) is 0 Å². The number of ether oxygens (including phenoxy) is 1. The standard InChI is InChI=1S/C14H29N3O2/c1-13(2,12(15)16)6-5-7-17-8-11(9-18)19-14(3,4)10-17/h11,18H,5-10H2,1-4H3,(H3,15,16). The van der Waals surface area contributed by atoms with Gasteiger partial charge in [0.1, 0.15) is 0 Å². The van der Waals surface area contributed by atoms with Crippen LogP contribution in [0.1, 0.15) is 40.5 Å². The van der Waals surface area contributed by atoms with E-state index in [4.69, 9.17) is 15.9 Å². The number of aliphatic hydroxyl groups is 1. The minimum Gasteiger partial charge on any atom is -0.394 e. The molecule has 1 aliphatic heterocycles. The molecule has 0 saturated carbocycles. The summed E-state index contributed by atoms with van der Waals surface area (Å²) in [5.41, 5.74) is 5.16. The van der Waals surface area contributed by atoms with E-state index in [1.807, 2.05) is 13.8 Å². The summed E-state index contributed by atoms with van der Waals surface area (Å²) in [5.74, 6) is 0.253. The van der Waals surface area contributed by atoms with Crippen molar-refractivity contribution in [2.24, 2.45) is 11.1 Å². The number of morpholine rings is 1. The van der Waals surface area contributed by atoms with Crippen molar-refractivity contribution in [2.75, 3.05) is 26.2 Å². The summed E-state index contributed by atoms with van der Waals surface area (Å²) in [6.45, 7) is 10.8. The van der Waals surface area contributed by atoms with Crippen LogP contribution in [0.15, 0.2) is 0 Å². The topological polar surface area (TPSA) is 82.6 Å². The van der Waals surface area contributed by atoms with Crippen molar-refractivity contribution >= 4 is 5.84 Å². The molecule has 5 heteroatoms. The summed E-state index contributed by atoms with van der Waals surface area (Å²) >= 11 is 0. The molecule has 1 unspecified atom stereocenters. The lowest BCUT2D eigenvalue weighted by Crippen LogP contribution is -2.54. The van der Waals surface area contributed by atoms with E-state index in [0.29, 0.717) is 0 Å². The second-order valence-electron chi connectivity index (χ2n) is 6.82. The van der Waals surface area contributed by atoms with E-state index >= 15 is 0 Å². The average molecular weight is 271 g/mol. The van der Waals surface area contributed by atoms with Gasteiger partial charge in [-0.25, -0.2) is 0 Å². The van der Waals surface area contributed by atoms with Crippen LogP contribution in [0.25, 0.3) is 0 Å². The smallest absolute Gasteiger partial charge is 0.0963 e. The first-order chi connectivity index (χ1) is 8.66. The predicted octanol–water partition coefficient (Wildman–Crippen LogP) is 1.20. The highest BCUT2D eigenvalue weighted by molar-refractivity contribution is 5.82. The van der Waals surface area contributed by atoms with Crippen molar-refractivity contribution in [3.63, 3.8) is 0 Å².